The Morgan fingerprint density at radius 3 is 2.04 bits per heavy atom. The Kier molecular flexibility index (Phi) is 4.11. The third-order valence-electron chi connectivity index (χ3n) is 5.07. The third kappa shape index (κ3) is 2.73. The monoisotopic (exact) mass is 324 g/mol. The van der Waals surface area contributed by atoms with Crippen LogP contribution in [0.1, 0.15) is 38.2 Å². The highest BCUT2D eigenvalue weighted by atomic mass is 19.3. The van der Waals surface area contributed by atoms with Gasteiger partial charge < -0.3 is 0 Å². The van der Waals surface area contributed by atoms with E-state index in [4.69, 9.17) is 0 Å². The molecule has 1 aromatic rings. The maximum Gasteiger partial charge on any atom is 0.339 e. The maximum atomic E-state index is 14.6. The lowest BCUT2D eigenvalue weighted by atomic mass is 9.73. The predicted octanol–water partition coefficient (Wildman–Crippen LogP) is 6.11. The van der Waals surface area contributed by atoms with Crippen molar-refractivity contribution in [1.82, 2.24) is 0 Å². The van der Waals surface area contributed by atoms with Gasteiger partial charge in [0, 0.05) is 11.1 Å². The molecule has 2 aliphatic rings. The zero-order valence-electron chi connectivity index (χ0n) is 13.0. The van der Waals surface area contributed by atoms with Gasteiger partial charge in [-0.2, -0.15) is 17.6 Å². The molecule has 0 aliphatic heterocycles. The van der Waals surface area contributed by atoms with Crippen LogP contribution in [-0.4, -0.2) is 11.8 Å². The second-order valence-corrected chi connectivity index (χ2v) is 6.67. The van der Waals surface area contributed by atoms with Crippen LogP contribution in [0.15, 0.2) is 48.1 Å². The number of hydrogen-bond acceptors (Lipinski definition) is 0. The van der Waals surface area contributed by atoms with Gasteiger partial charge in [0.15, 0.2) is 0 Å². The van der Waals surface area contributed by atoms with Gasteiger partial charge in [-0.05, 0) is 30.2 Å². The Morgan fingerprint density at radius 2 is 1.43 bits per heavy atom. The van der Waals surface area contributed by atoms with E-state index in [0.717, 1.165) is 12.8 Å². The van der Waals surface area contributed by atoms with Crippen LogP contribution in [0.5, 0.6) is 0 Å². The number of allylic oxidation sites excluding steroid dienone is 4. The molecular formula is C19H20F4. The highest BCUT2D eigenvalue weighted by Gasteiger charge is 2.63. The van der Waals surface area contributed by atoms with Crippen molar-refractivity contribution >= 4 is 5.57 Å². The normalized spacial score (nSPS) is 29.6. The lowest BCUT2D eigenvalue weighted by molar-refractivity contribution is -0.153. The van der Waals surface area contributed by atoms with E-state index in [-0.39, 0.29) is 5.56 Å². The number of rotatable bonds is 2. The van der Waals surface area contributed by atoms with Crippen molar-refractivity contribution in [3.05, 3.63) is 53.6 Å². The third-order valence-corrected chi connectivity index (χ3v) is 5.07. The smallest absolute Gasteiger partial charge is 0.194 e. The summed E-state index contributed by atoms with van der Waals surface area (Å²) in [6.45, 7) is 2.08. The highest BCUT2D eigenvalue weighted by Crippen LogP contribution is 2.54. The molecule has 23 heavy (non-hydrogen) atoms. The molecule has 0 nitrogen and oxygen atoms in total. The largest absolute Gasteiger partial charge is 0.339 e. The van der Waals surface area contributed by atoms with E-state index in [2.05, 4.69) is 6.92 Å². The lowest BCUT2D eigenvalue weighted by Gasteiger charge is -2.38. The second-order valence-electron chi connectivity index (χ2n) is 6.67. The van der Waals surface area contributed by atoms with E-state index in [0.29, 0.717) is 18.8 Å². The summed E-state index contributed by atoms with van der Waals surface area (Å²) in [5, 5.41) is 0. The first-order valence-corrected chi connectivity index (χ1v) is 8.08. The summed E-state index contributed by atoms with van der Waals surface area (Å²) in [5.41, 5.74) is -0.852. The Balaban J connectivity index is 1.99. The van der Waals surface area contributed by atoms with Crippen molar-refractivity contribution in [3.63, 3.8) is 0 Å². The van der Waals surface area contributed by atoms with Crippen LogP contribution in [0, 0.1) is 11.8 Å². The standard InChI is InChI=1S/C19H20F4/c1-13-7-9-15(10-8-13)17-12-11-16(14-5-3-2-4-6-14)18(20,21)19(17,22)23/h2-6,11-13,15H,7-10H2,1H3. The fourth-order valence-corrected chi connectivity index (χ4v) is 3.59. The van der Waals surface area contributed by atoms with Crippen LogP contribution in [0.25, 0.3) is 5.57 Å². The van der Waals surface area contributed by atoms with Gasteiger partial charge in [-0.25, -0.2) is 0 Å². The number of benzene rings is 1. The van der Waals surface area contributed by atoms with Gasteiger partial charge >= 0.3 is 11.8 Å². The fraction of sp³-hybridized carbons (Fsp3) is 0.474. The van der Waals surface area contributed by atoms with Gasteiger partial charge in [-0.15, -0.1) is 0 Å². The van der Waals surface area contributed by atoms with Crippen molar-refractivity contribution < 1.29 is 17.6 Å². The summed E-state index contributed by atoms with van der Waals surface area (Å²) in [6.07, 6.45) is 5.18. The van der Waals surface area contributed by atoms with Crippen molar-refractivity contribution in [2.75, 3.05) is 0 Å². The zero-order chi connectivity index (χ0) is 16.7. The average Bonchev–Trinajstić information content (AvgIpc) is 2.52. The van der Waals surface area contributed by atoms with Gasteiger partial charge in [0.05, 0.1) is 0 Å². The van der Waals surface area contributed by atoms with E-state index in [9.17, 15) is 17.6 Å². The molecule has 3 rings (SSSR count). The SMILES string of the molecule is CC1CCC(C2=CC=C(c3ccccc3)C(F)(F)C2(F)F)CC1. The molecule has 1 fully saturated rings. The minimum absolute atomic E-state index is 0.143. The van der Waals surface area contributed by atoms with Crippen LogP contribution >= 0.6 is 0 Å². The summed E-state index contributed by atoms with van der Waals surface area (Å²) in [7, 11) is 0. The molecule has 1 aromatic carbocycles. The first kappa shape index (κ1) is 16.3. The molecule has 0 atom stereocenters. The molecule has 1 saturated carbocycles. The molecular weight excluding hydrogens is 304 g/mol. The zero-order valence-corrected chi connectivity index (χ0v) is 13.0. The van der Waals surface area contributed by atoms with E-state index in [1.54, 1.807) is 18.2 Å². The molecule has 2 aliphatic carbocycles. The molecule has 0 saturated heterocycles. The Bertz CT molecular complexity index is 620. The van der Waals surface area contributed by atoms with Crippen molar-refractivity contribution in [2.45, 2.75) is 44.5 Å². The van der Waals surface area contributed by atoms with Crippen LogP contribution in [-0.2, 0) is 0 Å². The van der Waals surface area contributed by atoms with Crippen molar-refractivity contribution in [3.8, 4) is 0 Å². The topological polar surface area (TPSA) is 0 Å². The quantitative estimate of drug-likeness (QED) is 0.576. The molecule has 124 valence electrons. The number of alkyl halides is 4. The molecule has 0 spiro atoms. The lowest BCUT2D eigenvalue weighted by Crippen LogP contribution is -2.46. The van der Waals surface area contributed by atoms with E-state index in [1.165, 1.54) is 24.3 Å². The van der Waals surface area contributed by atoms with Crippen LogP contribution in [0.3, 0.4) is 0 Å². The van der Waals surface area contributed by atoms with Crippen LogP contribution < -0.4 is 0 Å². The Morgan fingerprint density at radius 1 is 0.826 bits per heavy atom. The maximum absolute atomic E-state index is 14.6. The van der Waals surface area contributed by atoms with Gasteiger partial charge in [0.25, 0.3) is 0 Å². The van der Waals surface area contributed by atoms with E-state index in [1.807, 2.05) is 0 Å². The highest BCUT2D eigenvalue weighted by molar-refractivity contribution is 5.76. The van der Waals surface area contributed by atoms with Crippen molar-refractivity contribution in [2.24, 2.45) is 11.8 Å². The molecule has 0 radical (unpaired) electrons. The average molecular weight is 324 g/mol. The van der Waals surface area contributed by atoms with Gasteiger partial charge in [0.2, 0.25) is 0 Å². The van der Waals surface area contributed by atoms with Gasteiger partial charge in [0.1, 0.15) is 0 Å². The molecule has 0 heterocycles. The van der Waals surface area contributed by atoms with Crippen LogP contribution in [0.4, 0.5) is 17.6 Å². The predicted molar refractivity (Wildman–Crippen MR) is 83.5 cm³/mol. The summed E-state index contributed by atoms with van der Waals surface area (Å²) in [5.74, 6) is -8.26. The van der Waals surface area contributed by atoms with E-state index < -0.39 is 28.9 Å². The minimum atomic E-state index is -4.18. The summed E-state index contributed by atoms with van der Waals surface area (Å²) in [6, 6.07) is 7.71. The summed E-state index contributed by atoms with van der Waals surface area (Å²) < 4.78 is 58.3. The van der Waals surface area contributed by atoms with Crippen molar-refractivity contribution in [1.29, 1.82) is 0 Å². The molecule has 0 bridgehead atoms. The number of hydrogen-bond donors (Lipinski definition) is 0. The van der Waals surface area contributed by atoms with E-state index >= 15 is 0 Å². The number of halogens is 4. The van der Waals surface area contributed by atoms with Crippen LogP contribution in [0.2, 0.25) is 0 Å². The second kappa shape index (κ2) is 5.81. The Hall–Kier alpha value is -1.58. The first-order chi connectivity index (χ1) is 10.8. The Labute approximate surface area is 133 Å². The molecule has 0 aromatic heterocycles. The minimum Gasteiger partial charge on any atom is -0.194 e. The molecule has 0 amide bonds. The fourth-order valence-electron chi connectivity index (χ4n) is 3.59. The summed E-state index contributed by atoms with van der Waals surface area (Å²) >= 11 is 0. The first-order valence-electron chi connectivity index (χ1n) is 8.08. The summed E-state index contributed by atoms with van der Waals surface area (Å²) in [4.78, 5) is 0. The molecule has 0 unspecified atom stereocenters. The van der Waals surface area contributed by atoms with Gasteiger partial charge in [-0.1, -0.05) is 62.2 Å². The van der Waals surface area contributed by atoms with Gasteiger partial charge in [-0.3, -0.25) is 0 Å². The molecule has 4 heteroatoms. The molecule has 0 N–H and O–H groups in total.